The van der Waals surface area contributed by atoms with E-state index in [1.54, 1.807) is 12.1 Å². The summed E-state index contributed by atoms with van der Waals surface area (Å²) in [5.74, 6) is -0.362. The van der Waals surface area contributed by atoms with Crippen LogP contribution in [0.4, 0.5) is 4.39 Å². The zero-order valence-corrected chi connectivity index (χ0v) is 11.7. The summed E-state index contributed by atoms with van der Waals surface area (Å²) in [4.78, 5) is 0. The number of hydrogen-bond acceptors (Lipinski definition) is 2. The maximum atomic E-state index is 13.5. The summed E-state index contributed by atoms with van der Waals surface area (Å²) in [6.07, 6.45) is 0. The molecule has 2 aromatic rings. The molecule has 0 saturated heterocycles. The third-order valence-corrected chi connectivity index (χ3v) is 3.40. The molecule has 1 unspecified atom stereocenters. The van der Waals surface area contributed by atoms with Gasteiger partial charge in [0, 0.05) is 6.54 Å². The van der Waals surface area contributed by atoms with Gasteiger partial charge in [-0.05, 0) is 39.2 Å². The zero-order chi connectivity index (χ0) is 13.7. The first-order valence-corrected chi connectivity index (χ1v) is 6.62. The van der Waals surface area contributed by atoms with E-state index in [0.29, 0.717) is 16.6 Å². The fourth-order valence-corrected chi connectivity index (χ4v) is 1.99. The van der Waals surface area contributed by atoms with E-state index in [0.717, 1.165) is 5.56 Å². The van der Waals surface area contributed by atoms with Crippen LogP contribution in [0.15, 0.2) is 53.0 Å². The molecule has 2 rings (SSSR count). The van der Waals surface area contributed by atoms with Crippen LogP contribution in [0.3, 0.4) is 0 Å². The molecule has 0 bridgehead atoms. The van der Waals surface area contributed by atoms with Crippen LogP contribution in [0.2, 0.25) is 0 Å². The highest BCUT2D eigenvalue weighted by atomic mass is 79.9. The van der Waals surface area contributed by atoms with Gasteiger partial charge in [0.1, 0.15) is 11.9 Å². The van der Waals surface area contributed by atoms with Gasteiger partial charge in [0.25, 0.3) is 0 Å². The lowest BCUT2D eigenvalue weighted by Gasteiger charge is -2.12. The van der Waals surface area contributed by atoms with Crippen LogP contribution in [0.5, 0.6) is 0 Å². The molecule has 2 aromatic carbocycles. The SMILES string of the molecule is N#CC(NCc1ccccc1)c1ccc(Br)c(F)c1. The van der Waals surface area contributed by atoms with Crippen LogP contribution < -0.4 is 5.32 Å². The number of nitrogens with one attached hydrogen (secondary N) is 1. The van der Waals surface area contributed by atoms with Crippen molar-refractivity contribution in [3.05, 3.63) is 69.9 Å². The first-order chi connectivity index (χ1) is 9.20. The highest BCUT2D eigenvalue weighted by Crippen LogP contribution is 2.20. The van der Waals surface area contributed by atoms with E-state index in [4.69, 9.17) is 0 Å². The van der Waals surface area contributed by atoms with E-state index in [-0.39, 0.29) is 5.82 Å². The van der Waals surface area contributed by atoms with Crippen molar-refractivity contribution in [2.24, 2.45) is 0 Å². The molecule has 0 aromatic heterocycles. The van der Waals surface area contributed by atoms with Crippen molar-refractivity contribution in [3.63, 3.8) is 0 Å². The fourth-order valence-electron chi connectivity index (χ4n) is 1.75. The average Bonchev–Trinajstić information content (AvgIpc) is 2.44. The van der Waals surface area contributed by atoms with Crippen molar-refractivity contribution in [2.45, 2.75) is 12.6 Å². The zero-order valence-electron chi connectivity index (χ0n) is 10.1. The minimum Gasteiger partial charge on any atom is -0.294 e. The van der Waals surface area contributed by atoms with Gasteiger partial charge in [-0.1, -0.05) is 36.4 Å². The van der Waals surface area contributed by atoms with Crippen LogP contribution in [0.25, 0.3) is 0 Å². The van der Waals surface area contributed by atoms with E-state index in [1.165, 1.54) is 6.07 Å². The second kappa shape index (κ2) is 6.46. The Morgan fingerprint density at radius 1 is 1.21 bits per heavy atom. The number of nitrogens with zero attached hydrogens (tertiary/aromatic N) is 1. The lowest BCUT2D eigenvalue weighted by Crippen LogP contribution is -2.19. The normalized spacial score (nSPS) is 11.8. The van der Waals surface area contributed by atoms with Crippen LogP contribution in [0, 0.1) is 17.1 Å². The van der Waals surface area contributed by atoms with Gasteiger partial charge in [-0.15, -0.1) is 0 Å². The Morgan fingerprint density at radius 3 is 2.58 bits per heavy atom. The fraction of sp³-hybridized carbons (Fsp3) is 0.133. The summed E-state index contributed by atoms with van der Waals surface area (Å²) in [5.41, 5.74) is 1.71. The van der Waals surface area contributed by atoms with Crippen LogP contribution in [-0.4, -0.2) is 0 Å². The first kappa shape index (κ1) is 13.7. The standard InChI is InChI=1S/C15H12BrFN2/c16-13-7-6-12(8-14(13)17)15(9-18)19-10-11-4-2-1-3-5-11/h1-8,15,19H,10H2. The predicted molar refractivity (Wildman–Crippen MR) is 75.7 cm³/mol. The lowest BCUT2D eigenvalue weighted by atomic mass is 10.1. The quantitative estimate of drug-likeness (QED) is 0.926. The van der Waals surface area contributed by atoms with Gasteiger partial charge in [-0.25, -0.2) is 4.39 Å². The van der Waals surface area contributed by atoms with E-state index < -0.39 is 6.04 Å². The predicted octanol–water partition coefficient (Wildman–Crippen LogP) is 3.94. The largest absolute Gasteiger partial charge is 0.294 e. The van der Waals surface area contributed by atoms with Crippen molar-refractivity contribution >= 4 is 15.9 Å². The minimum atomic E-state index is -0.525. The molecule has 0 heterocycles. The van der Waals surface area contributed by atoms with E-state index in [1.807, 2.05) is 30.3 Å². The molecule has 1 N–H and O–H groups in total. The summed E-state index contributed by atoms with van der Waals surface area (Å²) in [6.45, 7) is 0.566. The summed E-state index contributed by atoms with van der Waals surface area (Å²) in [6, 6.07) is 16.1. The Labute approximate surface area is 120 Å². The van der Waals surface area contributed by atoms with Gasteiger partial charge >= 0.3 is 0 Å². The Hall–Kier alpha value is -1.70. The summed E-state index contributed by atoms with van der Waals surface area (Å²) in [7, 11) is 0. The third-order valence-electron chi connectivity index (χ3n) is 2.76. The molecule has 19 heavy (non-hydrogen) atoms. The van der Waals surface area contributed by atoms with Crippen molar-refractivity contribution in [1.82, 2.24) is 5.32 Å². The molecule has 0 fully saturated rings. The summed E-state index contributed by atoms with van der Waals surface area (Å²) < 4.78 is 13.9. The molecule has 0 aliphatic heterocycles. The average molecular weight is 319 g/mol. The van der Waals surface area contributed by atoms with Gasteiger partial charge in [0.2, 0.25) is 0 Å². The highest BCUT2D eigenvalue weighted by Gasteiger charge is 2.11. The van der Waals surface area contributed by atoms with Crippen LogP contribution >= 0.6 is 15.9 Å². The molecule has 0 aliphatic rings. The molecule has 0 amide bonds. The molecule has 4 heteroatoms. The first-order valence-electron chi connectivity index (χ1n) is 5.82. The number of nitriles is 1. The van der Waals surface area contributed by atoms with Crippen molar-refractivity contribution in [3.8, 4) is 6.07 Å². The van der Waals surface area contributed by atoms with Crippen LogP contribution in [0.1, 0.15) is 17.2 Å². The highest BCUT2D eigenvalue weighted by molar-refractivity contribution is 9.10. The van der Waals surface area contributed by atoms with Crippen molar-refractivity contribution < 1.29 is 4.39 Å². The van der Waals surface area contributed by atoms with Gasteiger partial charge in [-0.2, -0.15) is 5.26 Å². The van der Waals surface area contributed by atoms with Gasteiger partial charge in [-0.3, -0.25) is 5.32 Å². The number of halogens is 2. The van der Waals surface area contributed by atoms with Crippen LogP contribution in [-0.2, 0) is 6.54 Å². The second-order valence-electron chi connectivity index (χ2n) is 4.10. The molecular weight excluding hydrogens is 307 g/mol. The van der Waals surface area contributed by atoms with Crippen molar-refractivity contribution in [2.75, 3.05) is 0 Å². The second-order valence-corrected chi connectivity index (χ2v) is 4.96. The number of rotatable bonds is 4. The Balaban J connectivity index is 2.08. The molecular formula is C15H12BrFN2. The smallest absolute Gasteiger partial charge is 0.137 e. The Morgan fingerprint density at radius 2 is 1.95 bits per heavy atom. The molecule has 1 atom stereocenters. The van der Waals surface area contributed by atoms with E-state index in [9.17, 15) is 9.65 Å². The molecule has 0 spiro atoms. The van der Waals surface area contributed by atoms with Gasteiger partial charge in [0.05, 0.1) is 10.5 Å². The summed E-state index contributed by atoms with van der Waals surface area (Å²) >= 11 is 3.10. The Bertz CT molecular complexity index is 593. The number of hydrogen-bond donors (Lipinski definition) is 1. The van der Waals surface area contributed by atoms with Gasteiger partial charge in [0.15, 0.2) is 0 Å². The Kier molecular flexibility index (Phi) is 4.67. The molecule has 0 aliphatic carbocycles. The summed E-state index contributed by atoms with van der Waals surface area (Å²) in [5, 5.41) is 12.3. The van der Waals surface area contributed by atoms with E-state index >= 15 is 0 Å². The number of benzene rings is 2. The monoisotopic (exact) mass is 318 g/mol. The minimum absolute atomic E-state index is 0.362. The lowest BCUT2D eigenvalue weighted by molar-refractivity contribution is 0.600. The molecule has 2 nitrogen and oxygen atoms in total. The van der Waals surface area contributed by atoms with Gasteiger partial charge < -0.3 is 0 Å². The molecule has 96 valence electrons. The topological polar surface area (TPSA) is 35.8 Å². The molecule has 0 radical (unpaired) electrons. The maximum Gasteiger partial charge on any atom is 0.137 e. The molecule has 0 saturated carbocycles. The third kappa shape index (κ3) is 3.63. The maximum absolute atomic E-state index is 13.5. The van der Waals surface area contributed by atoms with E-state index in [2.05, 4.69) is 27.3 Å². The van der Waals surface area contributed by atoms with Crippen molar-refractivity contribution in [1.29, 1.82) is 5.26 Å².